The summed E-state index contributed by atoms with van der Waals surface area (Å²) in [6.45, 7) is 0.110. The van der Waals surface area contributed by atoms with Gasteiger partial charge in [0.15, 0.2) is 0 Å². The minimum Gasteiger partial charge on any atom is -0.481 e. The molecule has 0 aromatic heterocycles. The number of aliphatic carboxylic acids is 2. The fourth-order valence-corrected chi connectivity index (χ4v) is 3.54. The van der Waals surface area contributed by atoms with Crippen LogP contribution in [-0.2, 0) is 14.3 Å². The van der Waals surface area contributed by atoms with Crippen LogP contribution in [0.1, 0.15) is 36.3 Å². The first kappa shape index (κ1) is 19.4. The van der Waals surface area contributed by atoms with Gasteiger partial charge in [0.1, 0.15) is 6.61 Å². The van der Waals surface area contributed by atoms with Gasteiger partial charge in [-0.2, -0.15) is 0 Å². The van der Waals surface area contributed by atoms with E-state index in [0.717, 1.165) is 22.3 Å². The van der Waals surface area contributed by atoms with Crippen molar-refractivity contribution < 1.29 is 29.3 Å². The molecule has 0 aliphatic heterocycles. The molecule has 7 nitrogen and oxygen atoms in total. The summed E-state index contributed by atoms with van der Waals surface area (Å²) in [5.74, 6) is -2.27. The molecule has 0 bridgehead atoms. The Morgan fingerprint density at radius 1 is 0.929 bits per heavy atom. The maximum atomic E-state index is 12.2. The summed E-state index contributed by atoms with van der Waals surface area (Å²) >= 11 is 0. The second kappa shape index (κ2) is 8.56. The van der Waals surface area contributed by atoms with E-state index in [1.54, 1.807) is 0 Å². The van der Waals surface area contributed by atoms with Gasteiger partial charge in [0.2, 0.25) is 0 Å². The molecule has 0 heterocycles. The molecule has 1 aliphatic rings. The van der Waals surface area contributed by atoms with Crippen molar-refractivity contribution in [2.75, 3.05) is 6.61 Å². The molecular weight excluding hydrogens is 362 g/mol. The van der Waals surface area contributed by atoms with E-state index in [9.17, 15) is 14.4 Å². The first-order valence-electron chi connectivity index (χ1n) is 9.00. The molecule has 1 amide bonds. The Labute approximate surface area is 162 Å². The number of nitrogens with one attached hydrogen (secondary N) is 1. The van der Waals surface area contributed by atoms with E-state index in [2.05, 4.69) is 5.32 Å². The molecule has 1 aliphatic carbocycles. The highest BCUT2D eigenvalue weighted by Crippen LogP contribution is 2.44. The smallest absolute Gasteiger partial charge is 0.407 e. The third-order valence-electron chi connectivity index (χ3n) is 4.79. The molecule has 0 saturated heterocycles. The highest BCUT2D eigenvalue weighted by molar-refractivity contribution is 5.79. The van der Waals surface area contributed by atoms with Gasteiger partial charge in [0.25, 0.3) is 0 Å². The van der Waals surface area contributed by atoms with Gasteiger partial charge in [-0.3, -0.25) is 9.59 Å². The standard InChI is InChI=1S/C21H21NO6/c23-19(24)10-9-13(11-20(25)26)22-21(27)28-12-18-16-7-3-1-5-14(16)15-6-2-4-8-17(15)18/h1-8,13,18H,9-12H2,(H,22,27)(H,23,24)(H,25,26)/t13-/m1/s1. The van der Waals surface area contributed by atoms with Crippen LogP contribution in [-0.4, -0.2) is 40.9 Å². The summed E-state index contributed by atoms with van der Waals surface area (Å²) in [6, 6.07) is 15.1. The van der Waals surface area contributed by atoms with E-state index in [0.29, 0.717) is 0 Å². The summed E-state index contributed by atoms with van der Waals surface area (Å²) in [5, 5.41) is 20.2. The van der Waals surface area contributed by atoms with E-state index in [4.69, 9.17) is 14.9 Å². The van der Waals surface area contributed by atoms with Gasteiger partial charge in [-0.05, 0) is 28.7 Å². The number of ether oxygens (including phenoxy) is 1. The summed E-state index contributed by atoms with van der Waals surface area (Å²) in [6.07, 6.45) is -1.33. The Balaban J connectivity index is 1.65. The van der Waals surface area contributed by atoms with Crippen molar-refractivity contribution in [3.63, 3.8) is 0 Å². The van der Waals surface area contributed by atoms with E-state index in [1.165, 1.54) is 0 Å². The lowest BCUT2D eigenvalue weighted by Gasteiger charge is -2.18. The van der Waals surface area contributed by atoms with Crippen LogP contribution < -0.4 is 5.32 Å². The number of alkyl carbamates (subject to hydrolysis) is 1. The fraction of sp³-hybridized carbons (Fsp3) is 0.286. The highest BCUT2D eigenvalue weighted by Gasteiger charge is 2.29. The lowest BCUT2D eigenvalue weighted by molar-refractivity contribution is -0.139. The van der Waals surface area contributed by atoms with Gasteiger partial charge in [0, 0.05) is 18.4 Å². The van der Waals surface area contributed by atoms with Crippen LogP contribution in [0.25, 0.3) is 11.1 Å². The number of hydrogen-bond donors (Lipinski definition) is 3. The van der Waals surface area contributed by atoms with Gasteiger partial charge in [0.05, 0.1) is 6.42 Å². The third-order valence-corrected chi connectivity index (χ3v) is 4.79. The van der Waals surface area contributed by atoms with Crippen LogP contribution in [0.5, 0.6) is 0 Å². The van der Waals surface area contributed by atoms with Crippen molar-refractivity contribution in [3.05, 3.63) is 59.7 Å². The zero-order valence-corrected chi connectivity index (χ0v) is 15.1. The first-order valence-corrected chi connectivity index (χ1v) is 9.00. The number of benzene rings is 2. The molecule has 3 rings (SSSR count). The molecular formula is C21H21NO6. The number of carboxylic acids is 2. The average Bonchev–Trinajstić information content (AvgIpc) is 2.98. The molecule has 0 saturated carbocycles. The molecule has 146 valence electrons. The van der Waals surface area contributed by atoms with Gasteiger partial charge in [-0.1, -0.05) is 48.5 Å². The van der Waals surface area contributed by atoms with Crippen molar-refractivity contribution in [1.29, 1.82) is 0 Å². The normalized spacial score (nSPS) is 13.3. The zero-order chi connectivity index (χ0) is 20.1. The van der Waals surface area contributed by atoms with Crippen molar-refractivity contribution in [2.24, 2.45) is 0 Å². The molecule has 0 fully saturated rings. The number of carbonyl (C=O) groups is 3. The van der Waals surface area contributed by atoms with Crippen LogP contribution in [0.3, 0.4) is 0 Å². The molecule has 2 aromatic carbocycles. The van der Waals surface area contributed by atoms with Crippen LogP contribution in [0, 0.1) is 0 Å². The number of carboxylic acid groups (broad SMARTS) is 2. The number of fused-ring (bicyclic) bond motifs is 3. The average molecular weight is 383 g/mol. The second-order valence-corrected chi connectivity index (χ2v) is 6.70. The van der Waals surface area contributed by atoms with Crippen LogP contribution in [0.4, 0.5) is 4.79 Å². The van der Waals surface area contributed by atoms with Crippen LogP contribution in [0.15, 0.2) is 48.5 Å². The Kier molecular flexibility index (Phi) is 5.93. The minimum atomic E-state index is -1.12. The van der Waals surface area contributed by atoms with Crippen LogP contribution >= 0.6 is 0 Å². The third kappa shape index (κ3) is 4.49. The molecule has 1 atom stereocenters. The van der Waals surface area contributed by atoms with Crippen molar-refractivity contribution >= 4 is 18.0 Å². The van der Waals surface area contributed by atoms with Crippen molar-refractivity contribution in [1.82, 2.24) is 5.32 Å². The first-order chi connectivity index (χ1) is 13.5. The van der Waals surface area contributed by atoms with Gasteiger partial charge in [-0.25, -0.2) is 4.79 Å². The Morgan fingerprint density at radius 2 is 1.50 bits per heavy atom. The molecule has 28 heavy (non-hydrogen) atoms. The molecule has 0 radical (unpaired) electrons. The maximum Gasteiger partial charge on any atom is 0.407 e. The summed E-state index contributed by atoms with van der Waals surface area (Å²) in [7, 11) is 0. The lowest BCUT2D eigenvalue weighted by atomic mass is 9.98. The molecule has 0 spiro atoms. The monoisotopic (exact) mass is 383 g/mol. The van der Waals surface area contributed by atoms with Crippen LogP contribution in [0.2, 0.25) is 0 Å². The number of carbonyl (C=O) groups excluding carboxylic acids is 1. The molecule has 3 N–H and O–H groups in total. The summed E-state index contributed by atoms with van der Waals surface area (Å²) in [4.78, 5) is 33.8. The lowest BCUT2D eigenvalue weighted by Crippen LogP contribution is -2.37. The van der Waals surface area contributed by atoms with E-state index >= 15 is 0 Å². The molecule has 7 heteroatoms. The predicted molar refractivity (Wildman–Crippen MR) is 101 cm³/mol. The minimum absolute atomic E-state index is 0.0197. The summed E-state index contributed by atoms with van der Waals surface area (Å²) < 4.78 is 5.37. The SMILES string of the molecule is O=C(O)CC[C@H](CC(=O)O)NC(=O)OCC1c2ccccc2-c2ccccc21. The van der Waals surface area contributed by atoms with Crippen molar-refractivity contribution in [2.45, 2.75) is 31.2 Å². The Bertz CT molecular complexity index is 848. The molecule has 2 aromatic rings. The van der Waals surface area contributed by atoms with Crippen molar-refractivity contribution in [3.8, 4) is 11.1 Å². The maximum absolute atomic E-state index is 12.2. The number of amides is 1. The quantitative estimate of drug-likeness (QED) is 0.645. The van der Waals surface area contributed by atoms with E-state index < -0.39 is 24.1 Å². The predicted octanol–water partition coefficient (Wildman–Crippen LogP) is 3.23. The van der Waals surface area contributed by atoms with Gasteiger partial charge in [-0.15, -0.1) is 0 Å². The number of hydrogen-bond acceptors (Lipinski definition) is 4. The highest BCUT2D eigenvalue weighted by atomic mass is 16.5. The van der Waals surface area contributed by atoms with E-state index in [1.807, 2.05) is 48.5 Å². The van der Waals surface area contributed by atoms with Gasteiger partial charge >= 0.3 is 18.0 Å². The molecule has 0 unspecified atom stereocenters. The summed E-state index contributed by atoms with van der Waals surface area (Å²) in [5.41, 5.74) is 4.36. The Hall–Kier alpha value is -3.35. The van der Waals surface area contributed by atoms with E-state index in [-0.39, 0.29) is 31.8 Å². The second-order valence-electron chi connectivity index (χ2n) is 6.70. The fourth-order valence-electron chi connectivity index (χ4n) is 3.54. The largest absolute Gasteiger partial charge is 0.481 e. The number of rotatable bonds is 8. The topological polar surface area (TPSA) is 113 Å². The van der Waals surface area contributed by atoms with Gasteiger partial charge < -0.3 is 20.3 Å². The zero-order valence-electron chi connectivity index (χ0n) is 15.1. The Morgan fingerprint density at radius 3 is 2.04 bits per heavy atom.